The maximum atomic E-state index is 9.16. The Kier molecular flexibility index (Phi) is 4.50. The zero-order valence-electron chi connectivity index (χ0n) is 7.53. The molecule has 0 aromatic heterocycles. The van der Waals surface area contributed by atoms with Crippen molar-refractivity contribution in [3.05, 3.63) is 35.9 Å². The molecule has 0 heterocycles. The Morgan fingerprint density at radius 2 is 2.08 bits per heavy atom. The van der Waals surface area contributed by atoms with Crippen LogP contribution >= 0.6 is 0 Å². The van der Waals surface area contributed by atoms with Crippen LogP contribution in [-0.2, 0) is 19.4 Å². The zero-order valence-corrected chi connectivity index (χ0v) is 10.5. The molecular formula is C10H13NOW. The monoisotopic (exact) mass is 347 g/mol. The molecule has 0 radical (unpaired) electrons. The summed E-state index contributed by atoms with van der Waals surface area (Å²) in [5.41, 5.74) is 1.13. The van der Waals surface area contributed by atoms with Crippen LogP contribution in [0.2, 0.25) is 0 Å². The molecule has 0 aliphatic rings. The van der Waals surface area contributed by atoms with Gasteiger partial charge in [0.1, 0.15) is 0 Å². The first-order valence-electron chi connectivity index (χ1n) is 4.17. The Morgan fingerprint density at radius 1 is 1.46 bits per heavy atom. The van der Waals surface area contributed by atoms with Gasteiger partial charge in [-0.15, -0.1) is 0 Å². The second-order valence-electron chi connectivity index (χ2n) is 2.85. The van der Waals surface area contributed by atoms with Gasteiger partial charge in [0.15, 0.2) is 0 Å². The molecule has 0 unspecified atom stereocenters. The van der Waals surface area contributed by atoms with Crippen LogP contribution < -0.4 is 5.32 Å². The Bertz CT molecular complexity index is 274. The summed E-state index contributed by atoms with van der Waals surface area (Å²) in [5.74, 6) is 0. The first kappa shape index (κ1) is 10.8. The summed E-state index contributed by atoms with van der Waals surface area (Å²) in [7, 11) is 0. The Morgan fingerprint density at radius 3 is 2.54 bits per heavy atom. The van der Waals surface area contributed by atoms with Crippen molar-refractivity contribution in [3.63, 3.8) is 0 Å². The van der Waals surface area contributed by atoms with Crippen molar-refractivity contribution in [2.45, 2.75) is 13.0 Å². The molecular weight excluding hydrogens is 334 g/mol. The summed E-state index contributed by atoms with van der Waals surface area (Å²) in [5, 5.41) is 12.4. The van der Waals surface area contributed by atoms with Gasteiger partial charge in [0.05, 0.1) is 0 Å². The minimum atomic E-state index is 0.0405. The fourth-order valence-corrected chi connectivity index (χ4v) is 1.68. The zero-order chi connectivity index (χ0) is 9.68. The van der Waals surface area contributed by atoms with E-state index in [1.165, 1.54) is 23.4 Å². The van der Waals surface area contributed by atoms with Gasteiger partial charge < -0.3 is 0 Å². The summed E-state index contributed by atoms with van der Waals surface area (Å²) in [4.78, 5) is 0. The number of aliphatic hydroxyl groups is 1. The Labute approximate surface area is 89.4 Å². The normalized spacial score (nSPS) is 12.5. The second kappa shape index (κ2) is 5.43. The maximum absolute atomic E-state index is 9.16. The van der Waals surface area contributed by atoms with Gasteiger partial charge in [-0.25, -0.2) is 0 Å². The van der Waals surface area contributed by atoms with Gasteiger partial charge in [0, 0.05) is 0 Å². The van der Waals surface area contributed by atoms with Crippen molar-refractivity contribution < 1.29 is 24.5 Å². The van der Waals surface area contributed by atoms with Gasteiger partial charge in [-0.3, -0.25) is 0 Å². The van der Waals surface area contributed by atoms with Crippen molar-refractivity contribution in [2.24, 2.45) is 0 Å². The molecule has 13 heavy (non-hydrogen) atoms. The van der Waals surface area contributed by atoms with Crippen LogP contribution in [0.15, 0.2) is 30.3 Å². The van der Waals surface area contributed by atoms with Crippen LogP contribution in [0, 0.1) is 0 Å². The third-order valence-electron chi connectivity index (χ3n) is 1.76. The van der Waals surface area contributed by atoms with E-state index in [1.54, 1.807) is 0 Å². The molecule has 0 spiro atoms. The molecule has 0 saturated carbocycles. The third kappa shape index (κ3) is 3.51. The fourth-order valence-electron chi connectivity index (χ4n) is 1.17. The summed E-state index contributed by atoms with van der Waals surface area (Å²) in [6, 6.07) is 10.0. The van der Waals surface area contributed by atoms with Crippen molar-refractivity contribution in [3.8, 4) is 0 Å². The van der Waals surface area contributed by atoms with Crippen LogP contribution in [0.3, 0.4) is 0 Å². The molecule has 2 nitrogen and oxygen atoms in total. The van der Waals surface area contributed by atoms with E-state index in [0.29, 0.717) is 0 Å². The van der Waals surface area contributed by atoms with Crippen molar-refractivity contribution in [1.29, 1.82) is 0 Å². The van der Waals surface area contributed by atoms with Crippen molar-refractivity contribution in [2.75, 3.05) is 6.61 Å². The molecule has 1 aromatic rings. The first-order valence-corrected chi connectivity index (χ1v) is 5.63. The molecule has 0 amide bonds. The molecule has 3 heteroatoms. The van der Waals surface area contributed by atoms with Crippen LogP contribution in [0.4, 0.5) is 0 Å². The molecule has 0 aliphatic carbocycles. The van der Waals surface area contributed by atoms with Gasteiger partial charge in [-0.1, -0.05) is 0 Å². The van der Waals surface area contributed by atoms with Gasteiger partial charge >= 0.3 is 89.3 Å². The molecule has 1 aromatic carbocycles. The molecule has 0 bridgehead atoms. The molecule has 2 N–H and O–H groups in total. The van der Waals surface area contributed by atoms with E-state index < -0.39 is 0 Å². The molecule has 0 aliphatic heterocycles. The number of nitrogens with one attached hydrogen (secondary N) is 1. The van der Waals surface area contributed by atoms with Crippen LogP contribution in [0.5, 0.6) is 0 Å². The number of benzene rings is 1. The van der Waals surface area contributed by atoms with E-state index in [1.807, 2.05) is 37.3 Å². The molecule has 0 saturated heterocycles. The number of rotatable bonds is 4. The van der Waals surface area contributed by atoms with E-state index >= 15 is 0 Å². The van der Waals surface area contributed by atoms with Gasteiger partial charge in [0.25, 0.3) is 0 Å². The van der Waals surface area contributed by atoms with Crippen LogP contribution in [0.1, 0.15) is 18.5 Å². The van der Waals surface area contributed by atoms with Gasteiger partial charge in [-0.05, 0) is 0 Å². The predicted octanol–water partition coefficient (Wildman–Crippen LogP) is 1.01. The average molecular weight is 347 g/mol. The number of aliphatic hydroxyl groups excluding tert-OH is 1. The molecule has 70 valence electrons. The standard InChI is InChI=1S/C10H13NO.W/c1-2-11-10(8-12)9-6-4-3-5-7-9;/h3-7,10-12H,8H2,1H3;/t10-;/m1./s1. The Balaban J connectivity index is 2.73. The van der Waals surface area contributed by atoms with E-state index in [-0.39, 0.29) is 12.6 Å². The van der Waals surface area contributed by atoms with E-state index in [9.17, 15) is 0 Å². The van der Waals surface area contributed by atoms with Gasteiger partial charge in [0.2, 0.25) is 0 Å². The summed E-state index contributed by atoms with van der Waals surface area (Å²) >= 11 is 1.41. The van der Waals surface area contributed by atoms with Gasteiger partial charge in [-0.2, -0.15) is 0 Å². The SMILES string of the molecule is C[C](=[W])N[C@H](CO)c1ccccc1. The van der Waals surface area contributed by atoms with Crippen LogP contribution in [-0.4, -0.2) is 15.7 Å². The topological polar surface area (TPSA) is 32.3 Å². The van der Waals surface area contributed by atoms with Crippen molar-refractivity contribution in [1.82, 2.24) is 5.32 Å². The average Bonchev–Trinajstić information content (AvgIpc) is 2.15. The van der Waals surface area contributed by atoms with E-state index in [0.717, 1.165) is 5.56 Å². The van der Waals surface area contributed by atoms with Crippen molar-refractivity contribution >= 4 is 4.02 Å². The minimum absolute atomic E-state index is 0.0405. The predicted molar refractivity (Wildman–Crippen MR) is 50.1 cm³/mol. The molecule has 0 fully saturated rings. The number of hydrogen-bond acceptors (Lipinski definition) is 2. The summed E-state index contributed by atoms with van der Waals surface area (Å²) < 4.78 is 1.20. The quantitative estimate of drug-likeness (QED) is 0.852. The van der Waals surface area contributed by atoms with E-state index in [4.69, 9.17) is 5.11 Å². The first-order chi connectivity index (χ1) is 6.24. The second-order valence-corrected chi connectivity index (χ2v) is 5.05. The van der Waals surface area contributed by atoms with Crippen LogP contribution in [0.25, 0.3) is 0 Å². The summed E-state index contributed by atoms with van der Waals surface area (Å²) in [6.45, 7) is 2.16. The molecule has 1 atom stereocenters. The molecule has 1 rings (SSSR count). The Hall–Kier alpha value is -0.302. The van der Waals surface area contributed by atoms with E-state index in [2.05, 4.69) is 5.32 Å². The number of hydrogen-bond donors (Lipinski definition) is 2. The fraction of sp³-hybridized carbons (Fsp3) is 0.300. The third-order valence-corrected chi connectivity index (χ3v) is 2.19. The summed E-state index contributed by atoms with van der Waals surface area (Å²) in [6.07, 6.45) is 0.